The van der Waals surface area contributed by atoms with Gasteiger partial charge in [-0.15, -0.1) is 0 Å². The monoisotopic (exact) mass is 326 g/mol. The molecule has 0 radical (unpaired) electrons. The summed E-state index contributed by atoms with van der Waals surface area (Å²) in [6.07, 6.45) is 0. The Kier molecular flexibility index (Phi) is 3.84. The molecule has 0 saturated heterocycles. The zero-order chi connectivity index (χ0) is 11.0. The van der Waals surface area contributed by atoms with Crippen LogP contribution in [0.5, 0.6) is 0 Å². The number of rotatable bonds is 0. The molecule has 1 heterocycles. The van der Waals surface area contributed by atoms with Gasteiger partial charge in [0.1, 0.15) is 0 Å². The summed E-state index contributed by atoms with van der Waals surface area (Å²) >= 11 is 1.79. The number of hydrogen-bond acceptors (Lipinski definition) is 1. The van der Waals surface area contributed by atoms with Crippen LogP contribution in [0.3, 0.4) is 0 Å². The molecule has 0 amide bonds. The van der Waals surface area contributed by atoms with E-state index >= 15 is 0 Å². The summed E-state index contributed by atoms with van der Waals surface area (Å²) in [6, 6.07) is 0. The van der Waals surface area contributed by atoms with E-state index in [9.17, 15) is 0 Å². The van der Waals surface area contributed by atoms with Crippen molar-refractivity contribution in [3.8, 4) is 0 Å². The molecule has 14 heavy (non-hydrogen) atoms. The maximum atomic E-state index is 2.37. The van der Waals surface area contributed by atoms with E-state index in [4.69, 9.17) is 0 Å². The van der Waals surface area contributed by atoms with Gasteiger partial charge in [0.2, 0.25) is 0 Å². The third-order valence-electron chi connectivity index (χ3n) is 2.05. The van der Waals surface area contributed by atoms with Crippen molar-refractivity contribution < 1.29 is 0 Å². The topological polar surface area (TPSA) is 0 Å². The van der Waals surface area contributed by atoms with Gasteiger partial charge in [-0.1, -0.05) is 0 Å². The number of thioether (sulfide) groups is 1. The van der Waals surface area contributed by atoms with Gasteiger partial charge < -0.3 is 0 Å². The second-order valence-corrected chi connectivity index (χ2v) is 9.54. The fourth-order valence-electron chi connectivity index (χ4n) is 0.984. The Morgan fingerprint density at radius 1 is 0.857 bits per heavy atom. The minimum atomic E-state index is -0.0858. The van der Waals surface area contributed by atoms with Gasteiger partial charge in [0.25, 0.3) is 0 Å². The molecule has 0 saturated carbocycles. The van der Waals surface area contributed by atoms with Crippen molar-refractivity contribution >= 4 is 32.7 Å². The first-order valence-electron chi connectivity index (χ1n) is 4.96. The summed E-state index contributed by atoms with van der Waals surface area (Å²) in [4.78, 5) is 0. The molecule has 2 heteroatoms. The molecule has 1 aliphatic rings. The van der Waals surface area contributed by atoms with E-state index < -0.39 is 0 Å². The molecule has 0 fully saturated rings. The van der Waals surface area contributed by atoms with Gasteiger partial charge in [-0.25, -0.2) is 0 Å². The van der Waals surface area contributed by atoms with E-state index in [0.717, 1.165) is 0 Å². The van der Waals surface area contributed by atoms with Crippen molar-refractivity contribution in [2.24, 2.45) is 10.8 Å². The zero-order valence-electron chi connectivity index (χ0n) is 9.97. The van der Waals surface area contributed by atoms with E-state index in [-0.39, 0.29) is 20.9 Å². The van der Waals surface area contributed by atoms with Crippen LogP contribution in [0.25, 0.3) is 0 Å². The first kappa shape index (κ1) is 12.7. The Morgan fingerprint density at radius 2 is 1.21 bits per heavy atom. The SMILES string of the molecule is CC(C)(C)C1=CSC=C(C(C)(C)C)[Te]1. The average molecular weight is 324 g/mol. The fourth-order valence-corrected chi connectivity index (χ4v) is 6.30. The third-order valence-corrected chi connectivity index (χ3v) is 9.15. The molecule has 0 N–H and O–H groups in total. The second-order valence-electron chi connectivity index (χ2n) is 5.70. The molecule has 1 aliphatic heterocycles. The molecular weight excluding hydrogens is 304 g/mol. The van der Waals surface area contributed by atoms with Crippen LogP contribution in [0, 0.1) is 10.8 Å². The summed E-state index contributed by atoms with van der Waals surface area (Å²) < 4.78 is 3.39. The summed E-state index contributed by atoms with van der Waals surface area (Å²) in [5.74, 6) is 0. The Hall–Kier alpha value is 0.620. The summed E-state index contributed by atoms with van der Waals surface area (Å²) in [7, 11) is 0. The molecule has 0 nitrogen and oxygen atoms in total. The molecule has 0 spiro atoms. The van der Waals surface area contributed by atoms with Crippen molar-refractivity contribution in [1.29, 1.82) is 0 Å². The normalized spacial score (nSPS) is 19.0. The Morgan fingerprint density at radius 3 is 1.50 bits per heavy atom. The second kappa shape index (κ2) is 4.24. The Bertz CT molecular complexity index is 246. The first-order chi connectivity index (χ1) is 6.21. The van der Waals surface area contributed by atoms with Crippen LogP contribution in [0.15, 0.2) is 18.1 Å². The van der Waals surface area contributed by atoms with Crippen LogP contribution >= 0.6 is 11.8 Å². The van der Waals surface area contributed by atoms with E-state index in [2.05, 4.69) is 52.4 Å². The molecule has 0 atom stereocenters. The summed E-state index contributed by atoms with van der Waals surface area (Å²) in [5, 5.41) is 4.74. The molecular formula is C12H20STe. The summed E-state index contributed by atoms with van der Waals surface area (Å²) in [5.41, 5.74) is 0.750. The predicted octanol–water partition coefficient (Wildman–Crippen LogP) is 4.21. The predicted molar refractivity (Wildman–Crippen MR) is 68.4 cm³/mol. The Labute approximate surface area is 103 Å². The maximum absolute atomic E-state index is 2.37. The molecule has 80 valence electrons. The van der Waals surface area contributed by atoms with Crippen molar-refractivity contribution in [3.63, 3.8) is 0 Å². The summed E-state index contributed by atoms with van der Waals surface area (Å²) in [6.45, 7) is 14.0. The van der Waals surface area contributed by atoms with Gasteiger partial charge in [0.05, 0.1) is 0 Å². The van der Waals surface area contributed by atoms with Crippen LogP contribution in [-0.4, -0.2) is 20.9 Å². The van der Waals surface area contributed by atoms with E-state index in [1.165, 1.54) is 0 Å². The van der Waals surface area contributed by atoms with Crippen molar-refractivity contribution in [2.75, 3.05) is 0 Å². The molecule has 0 aromatic rings. The van der Waals surface area contributed by atoms with E-state index in [1.54, 1.807) is 7.24 Å². The van der Waals surface area contributed by atoms with Crippen LogP contribution in [0.2, 0.25) is 0 Å². The molecule has 0 bridgehead atoms. The van der Waals surface area contributed by atoms with Crippen molar-refractivity contribution in [3.05, 3.63) is 18.1 Å². The van der Waals surface area contributed by atoms with Gasteiger partial charge in [-0.3, -0.25) is 0 Å². The van der Waals surface area contributed by atoms with Crippen LogP contribution in [-0.2, 0) is 0 Å². The molecule has 0 unspecified atom stereocenters. The third kappa shape index (κ3) is 3.33. The van der Waals surface area contributed by atoms with Crippen LogP contribution in [0.4, 0.5) is 0 Å². The van der Waals surface area contributed by atoms with Gasteiger partial charge in [0, 0.05) is 0 Å². The van der Waals surface area contributed by atoms with Gasteiger partial charge in [-0.05, 0) is 0 Å². The molecule has 1 rings (SSSR count). The first-order valence-corrected chi connectivity index (χ1v) is 8.23. The average Bonchev–Trinajstić information content (AvgIpc) is 2.01. The Balaban J connectivity index is 2.79. The molecule has 0 aliphatic carbocycles. The molecule has 0 aromatic heterocycles. The van der Waals surface area contributed by atoms with E-state index in [0.29, 0.717) is 10.8 Å². The number of allylic oxidation sites excluding steroid dienone is 2. The minimum absolute atomic E-state index is 0.0858. The van der Waals surface area contributed by atoms with Crippen LogP contribution < -0.4 is 0 Å². The quantitative estimate of drug-likeness (QED) is 0.602. The zero-order valence-corrected chi connectivity index (χ0v) is 13.1. The van der Waals surface area contributed by atoms with Crippen molar-refractivity contribution in [2.45, 2.75) is 41.5 Å². The fraction of sp³-hybridized carbons (Fsp3) is 0.667. The number of hydrogen-bond donors (Lipinski definition) is 0. The van der Waals surface area contributed by atoms with Gasteiger partial charge in [0.15, 0.2) is 0 Å². The van der Waals surface area contributed by atoms with Gasteiger partial charge in [-0.2, -0.15) is 0 Å². The van der Waals surface area contributed by atoms with Crippen LogP contribution in [0.1, 0.15) is 41.5 Å². The van der Waals surface area contributed by atoms with Gasteiger partial charge >= 0.3 is 103 Å². The van der Waals surface area contributed by atoms with Crippen molar-refractivity contribution in [1.82, 2.24) is 0 Å². The van der Waals surface area contributed by atoms with E-state index in [1.807, 2.05) is 11.8 Å². The molecule has 0 aromatic carbocycles. The standard InChI is InChI=1S/C12H20STe/c1-11(2,3)9-7-13-8-10(14-9)12(4,5)6/h7-8H,1-6H3.